The summed E-state index contributed by atoms with van der Waals surface area (Å²) in [5, 5.41) is 9.82. The number of nitrogens with one attached hydrogen (secondary N) is 1. The summed E-state index contributed by atoms with van der Waals surface area (Å²) in [6.45, 7) is -1.41. The molecule has 0 aliphatic carbocycles. The number of hydrogen-bond donors (Lipinski definition) is 1. The molecule has 9 heteroatoms. The Labute approximate surface area is 140 Å². The average Bonchev–Trinajstić information content (AvgIpc) is 3.03. The number of amides is 1. The number of pyridine rings is 1. The van der Waals surface area contributed by atoms with Crippen molar-refractivity contribution in [2.75, 3.05) is 13.7 Å². The number of aromatic nitrogens is 3. The third-order valence-electron chi connectivity index (χ3n) is 3.48. The van der Waals surface area contributed by atoms with Crippen LogP contribution in [0.1, 0.15) is 10.4 Å². The van der Waals surface area contributed by atoms with Gasteiger partial charge in [-0.2, -0.15) is 13.2 Å². The molecule has 0 aliphatic heterocycles. The van der Waals surface area contributed by atoms with Crippen LogP contribution in [0.2, 0.25) is 0 Å². The van der Waals surface area contributed by atoms with E-state index in [1.165, 1.54) is 6.07 Å². The minimum atomic E-state index is -4.48. The van der Waals surface area contributed by atoms with Crippen LogP contribution in [0.4, 0.5) is 13.2 Å². The van der Waals surface area contributed by atoms with Crippen LogP contribution in [-0.4, -0.2) is 40.3 Å². The van der Waals surface area contributed by atoms with Crippen LogP contribution in [0.5, 0.6) is 5.75 Å². The summed E-state index contributed by atoms with van der Waals surface area (Å²) in [5.74, 6) is 0.268. The highest BCUT2D eigenvalue weighted by molar-refractivity contribution is 6.00. The molecule has 0 saturated carbocycles. The summed E-state index contributed by atoms with van der Waals surface area (Å²) in [7, 11) is 1.55. The van der Waals surface area contributed by atoms with Crippen LogP contribution in [0.25, 0.3) is 17.0 Å². The summed E-state index contributed by atoms with van der Waals surface area (Å²) in [6, 6.07) is 9.98. The SMILES string of the molecule is COc1ccc(-c2nnc3c(C(=O)NCC(F)(F)F)cccn23)cc1. The van der Waals surface area contributed by atoms with Gasteiger partial charge in [-0.05, 0) is 36.4 Å². The highest BCUT2D eigenvalue weighted by Gasteiger charge is 2.28. The smallest absolute Gasteiger partial charge is 0.405 e. The number of nitrogens with zero attached hydrogens (tertiary/aromatic N) is 3. The van der Waals surface area contributed by atoms with Crippen molar-refractivity contribution < 1.29 is 22.7 Å². The molecular weight excluding hydrogens is 337 g/mol. The molecule has 0 bridgehead atoms. The van der Waals surface area contributed by atoms with Gasteiger partial charge in [0, 0.05) is 11.8 Å². The maximum Gasteiger partial charge on any atom is 0.405 e. The van der Waals surface area contributed by atoms with Crippen LogP contribution in [0.3, 0.4) is 0 Å². The van der Waals surface area contributed by atoms with Gasteiger partial charge in [0.1, 0.15) is 12.3 Å². The molecule has 0 fully saturated rings. The lowest BCUT2D eigenvalue weighted by Crippen LogP contribution is -2.33. The zero-order valence-electron chi connectivity index (χ0n) is 13.0. The summed E-state index contributed by atoms with van der Waals surface area (Å²) in [4.78, 5) is 12.0. The molecule has 1 N–H and O–H groups in total. The average molecular weight is 350 g/mol. The number of ether oxygens (including phenoxy) is 1. The second-order valence-corrected chi connectivity index (χ2v) is 5.17. The van der Waals surface area contributed by atoms with Gasteiger partial charge in [0.2, 0.25) is 0 Å². The number of halogens is 3. The molecule has 1 aromatic carbocycles. The van der Waals surface area contributed by atoms with Gasteiger partial charge in [0.25, 0.3) is 5.91 Å². The fourth-order valence-electron chi connectivity index (χ4n) is 2.31. The molecule has 3 rings (SSSR count). The Kier molecular flexibility index (Phi) is 4.30. The molecule has 6 nitrogen and oxygen atoms in total. The van der Waals surface area contributed by atoms with Crippen molar-refractivity contribution in [1.82, 2.24) is 19.9 Å². The summed E-state index contributed by atoms with van der Waals surface area (Å²) < 4.78 is 43.5. The van der Waals surface area contributed by atoms with Crippen LogP contribution in [0, 0.1) is 0 Å². The molecule has 2 heterocycles. The first-order chi connectivity index (χ1) is 11.9. The highest BCUT2D eigenvalue weighted by atomic mass is 19.4. The van der Waals surface area contributed by atoms with Crippen molar-refractivity contribution in [3.8, 4) is 17.1 Å². The number of fused-ring (bicyclic) bond motifs is 1. The van der Waals surface area contributed by atoms with Crippen molar-refractivity contribution >= 4 is 11.6 Å². The number of carbonyl (C=O) groups excluding carboxylic acids is 1. The van der Waals surface area contributed by atoms with E-state index < -0.39 is 18.6 Å². The number of rotatable bonds is 4. The molecule has 0 atom stereocenters. The third kappa shape index (κ3) is 3.54. The van der Waals surface area contributed by atoms with Gasteiger partial charge in [0.15, 0.2) is 11.5 Å². The Bertz CT molecular complexity index is 904. The van der Waals surface area contributed by atoms with Crippen molar-refractivity contribution in [1.29, 1.82) is 0 Å². The molecule has 0 radical (unpaired) electrons. The maximum absolute atomic E-state index is 12.3. The van der Waals surface area contributed by atoms with Crippen LogP contribution >= 0.6 is 0 Å². The summed E-state index contributed by atoms with van der Waals surface area (Å²) in [5.41, 5.74) is 0.910. The summed E-state index contributed by atoms with van der Waals surface area (Å²) >= 11 is 0. The first kappa shape index (κ1) is 16.7. The highest BCUT2D eigenvalue weighted by Crippen LogP contribution is 2.22. The lowest BCUT2D eigenvalue weighted by molar-refractivity contribution is -0.123. The van der Waals surface area contributed by atoms with Crippen molar-refractivity contribution in [3.63, 3.8) is 0 Å². The van der Waals surface area contributed by atoms with E-state index in [9.17, 15) is 18.0 Å². The van der Waals surface area contributed by atoms with Crippen LogP contribution in [-0.2, 0) is 0 Å². The van der Waals surface area contributed by atoms with E-state index in [1.807, 2.05) is 5.32 Å². The van der Waals surface area contributed by atoms with Crippen molar-refractivity contribution in [3.05, 3.63) is 48.2 Å². The lowest BCUT2D eigenvalue weighted by atomic mass is 10.2. The molecule has 2 aromatic heterocycles. The van der Waals surface area contributed by atoms with E-state index in [1.54, 1.807) is 48.0 Å². The molecule has 1 amide bonds. The van der Waals surface area contributed by atoms with Gasteiger partial charge >= 0.3 is 6.18 Å². The topological polar surface area (TPSA) is 68.5 Å². The number of hydrogen-bond acceptors (Lipinski definition) is 4. The van der Waals surface area contributed by atoms with Crippen LogP contribution < -0.4 is 10.1 Å². The van der Waals surface area contributed by atoms with Gasteiger partial charge in [-0.1, -0.05) is 0 Å². The van der Waals surface area contributed by atoms with Gasteiger partial charge < -0.3 is 10.1 Å². The lowest BCUT2D eigenvalue weighted by Gasteiger charge is -2.09. The number of methoxy groups -OCH3 is 1. The third-order valence-corrected chi connectivity index (χ3v) is 3.48. The van der Waals surface area contributed by atoms with Gasteiger partial charge in [-0.25, -0.2) is 0 Å². The first-order valence-electron chi connectivity index (χ1n) is 7.22. The quantitative estimate of drug-likeness (QED) is 0.786. The van der Waals surface area contributed by atoms with Gasteiger partial charge in [-0.15, -0.1) is 10.2 Å². The fraction of sp³-hybridized carbons (Fsp3) is 0.188. The predicted octanol–water partition coefficient (Wildman–Crippen LogP) is 2.70. The second-order valence-electron chi connectivity index (χ2n) is 5.17. The Morgan fingerprint density at radius 1 is 1.20 bits per heavy atom. The monoisotopic (exact) mass is 350 g/mol. The van der Waals surface area contributed by atoms with Gasteiger partial charge in [0.05, 0.1) is 12.7 Å². The molecule has 0 unspecified atom stereocenters. The van der Waals surface area contributed by atoms with E-state index in [2.05, 4.69) is 10.2 Å². The largest absolute Gasteiger partial charge is 0.497 e. The number of alkyl halides is 3. The Hall–Kier alpha value is -3.10. The fourth-order valence-corrected chi connectivity index (χ4v) is 2.31. The standard InChI is InChI=1S/C16H13F3N4O2/c1-25-11-6-4-10(5-7-11)13-21-22-14-12(3-2-8-23(13)14)15(24)20-9-16(17,18)19/h2-8H,9H2,1H3,(H,20,24). The van der Waals surface area contributed by atoms with E-state index in [0.717, 1.165) is 5.56 Å². The van der Waals surface area contributed by atoms with E-state index in [0.29, 0.717) is 11.6 Å². The first-order valence-corrected chi connectivity index (χ1v) is 7.22. The Morgan fingerprint density at radius 3 is 2.56 bits per heavy atom. The van der Waals surface area contributed by atoms with E-state index >= 15 is 0 Å². The Balaban J connectivity index is 1.95. The van der Waals surface area contributed by atoms with Crippen molar-refractivity contribution in [2.24, 2.45) is 0 Å². The Morgan fingerprint density at radius 2 is 1.92 bits per heavy atom. The molecule has 0 spiro atoms. The molecule has 0 saturated heterocycles. The van der Waals surface area contributed by atoms with E-state index in [-0.39, 0.29) is 11.2 Å². The molecule has 0 aliphatic rings. The predicted molar refractivity (Wildman–Crippen MR) is 83.4 cm³/mol. The molecule has 130 valence electrons. The zero-order chi connectivity index (χ0) is 18.0. The zero-order valence-corrected chi connectivity index (χ0v) is 13.0. The minimum absolute atomic E-state index is 0.0130. The van der Waals surface area contributed by atoms with Crippen molar-refractivity contribution in [2.45, 2.75) is 6.18 Å². The van der Waals surface area contributed by atoms with E-state index in [4.69, 9.17) is 4.74 Å². The van der Waals surface area contributed by atoms with Crippen LogP contribution in [0.15, 0.2) is 42.6 Å². The normalized spacial score (nSPS) is 11.5. The molecular formula is C16H13F3N4O2. The summed E-state index contributed by atoms with van der Waals surface area (Å²) in [6.07, 6.45) is -2.85. The number of carbonyl (C=O) groups is 1. The van der Waals surface area contributed by atoms with Gasteiger partial charge in [-0.3, -0.25) is 9.20 Å². The maximum atomic E-state index is 12.3. The second kappa shape index (κ2) is 6.42. The molecule has 25 heavy (non-hydrogen) atoms. The number of benzene rings is 1. The minimum Gasteiger partial charge on any atom is -0.497 e. The molecule has 3 aromatic rings.